The van der Waals surface area contributed by atoms with Crippen molar-refractivity contribution >= 4 is 68.8 Å². The van der Waals surface area contributed by atoms with Crippen LogP contribution in [0.25, 0.3) is 0 Å². The first kappa shape index (κ1) is 19.0. The minimum absolute atomic E-state index is 0.0352. The quantitative estimate of drug-likeness (QED) is 0.409. The van der Waals surface area contributed by atoms with Crippen molar-refractivity contribution in [3.05, 3.63) is 74.4 Å². The second kappa shape index (κ2) is 8.31. The summed E-state index contributed by atoms with van der Waals surface area (Å²) in [4.78, 5) is 16.2. The molecule has 0 aliphatic heterocycles. The lowest BCUT2D eigenvalue weighted by molar-refractivity contribution is 0.0697. The van der Waals surface area contributed by atoms with Gasteiger partial charge in [0.2, 0.25) is 0 Å². The normalized spacial score (nSPS) is 11.2. The van der Waals surface area contributed by atoms with Crippen molar-refractivity contribution in [1.82, 2.24) is 0 Å². The van der Waals surface area contributed by atoms with Gasteiger partial charge >= 0.3 is 5.97 Å². The second-order valence-electron chi connectivity index (χ2n) is 5.07. The number of benzene rings is 2. The number of carboxylic acids is 1. The zero-order valence-corrected chi connectivity index (χ0v) is 16.9. The van der Waals surface area contributed by atoms with Crippen LogP contribution in [-0.2, 0) is 0 Å². The molecule has 26 heavy (non-hydrogen) atoms. The predicted octanol–water partition coefficient (Wildman–Crippen LogP) is 6.95. The number of rotatable bonds is 5. The molecule has 0 amide bonds. The molecular weight excluding hydrogens is 461 g/mol. The number of hydrogen-bond donors (Lipinski definition) is 1. The first-order valence-electron chi connectivity index (χ1n) is 7.22. The molecule has 0 spiro atoms. The van der Waals surface area contributed by atoms with Crippen molar-refractivity contribution in [3.8, 4) is 0 Å². The van der Waals surface area contributed by atoms with Crippen LogP contribution >= 0.6 is 50.9 Å². The maximum Gasteiger partial charge on any atom is 0.337 e. The highest BCUT2D eigenvalue weighted by molar-refractivity contribution is 9.10. The summed E-state index contributed by atoms with van der Waals surface area (Å²) in [7, 11) is 0. The Morgan fingerprint density at radius 1 is 1.15 bits per heavy atom. The molecule has 0 aliphatic rings. The van der Waals surface area contributed by atoms with Gasteiger partial charge in [0.05, 0.1) is 27.0 Å². The molecule has 0 saturated heterocycles. The van der Waals surface area contributed by atoms with Crippen LogP contribution in [-0.4, -0.2) is 17.3 Å². The number of aromatic carboxylic acids is 1. The predicted molar refractivity (Wildman–Crippen MR) is 108 cm³/mol. The van der Waals surface area contributed by atoms with Gasteiger partial charge in [-0.1, -0.05) is 35.0 Å². The molecule has 1 N–H and O–H groups in total. The van der Waals surface area contributed by atoms with E-state index in [4.69, 9.17) is 32.7 Å². The van der Waals surface area contributed by atoms with Crippen molar-refractivity contribution in [2.24, 2.45) is 4.99 Å². The molecule has 1 heterocycles. The van der Waals surface area contributed by atoms with E-state index in [0.717, 1.165) is 9.37 Å². The lowest BCUT2D eigenvalue weighted by atomic mass is 10.2. The van der Waals surface area contributed by atoms with Crippen LogP contribution in [0.2, 0.25) is 10.0 Å². The third-order valence-electron chi connectivity index (χ3n) is 3.22. The third-order valence-corrected chi connectivity index (χ3v) is 5.64. The molecule has 2 aromatic carbocycles. The van der Waals surface area contributed by atoms with Gasteiger partial charge in [-0.15, -0.1) is 0 Å². The van der Waals surface area contributed by atoms with E-state index in [9.17, 15) is 4.79 Å². The van der Waals surface area contributed by atoms with Crippen LogP contribution in [0.3, 0.4) is 0 Å². The lowest BCUT2D eigenvalue weighted by Gasteiger charge is -1.99. The molecular formula is C18H10BrCl2NO3S. The summed E-state index contributed by atoms with van der Waals surface area (Å²) < 4.78 is 6.57. The van der Waals surface area contributed by atoms with Gasteiger partial charge in [-0.3, -0.25) is 4.99 Å². The standard InChI is InChI=1S/C18H10BrCl2NO3S/c19-15-8-12(25-18(15)26-13-4-1-10(20)2-5-13)9-22-11-3-6-14(17(23)24)16(21)7-11/h1-9H,(H,23,24). The fraction of sp³-hybridized carbons (Fsp3) is 0. The van der Waals surface area contributed by atoms with Gasteiger partial charge in [-0.2, -0.15) is 0 Å². The van der Waals surface area contributed by atoms with E-state index in [2.05, 4.69) is 20.9 Å². The van der Waals surface area contributed by atoms with Crippen LogP contribution in [0.4, 0.5) is 5.69 Å². The summed E-state index contributed by atoms with van der Waals surface area (Å²) in [6.07, 6.45) is 1.54. The van der Waals surface area contributed by atoms with Crippen molar-refractivity contribution in [2.75, 3.05) is 0 Å². The van der Waals surface area contributed by atoms with E-state index in [0.29, 0.717) is 21.6 Å². The van der Waals surface area contributed by atoms with E-state index in [1.807, 2.05) is 24.3 Å². The zero-order chi connectivity index (χ0) is 18.7. The molecule has 0 radical (unpaired) electrons. The Morgan fingerprint density at radius 3 is 2.54 bits per heavy atom. The molecule has 4 nitrogen and oxygen atoms in total. The maximum atomic E-state index is 11.0. The van der Waals surface area contributed by atoms with Crippen LogP contribution in [0.15, 0.2) is 72.4 Å². The molecule has 0 unspecified atom stereocenters. The molecule has 0 saturated carbocycles. The summed E-state index contributed by atoms with van der Waals surface area (Å²) >= 11 is 16.7. The fourth-order valence-electron chi connectivity index (χ4n) is 2.01. The Kier molecular flexibility index (Phi) is 6.09. The molecule has 132 valence electrons. The van der Waals surface area contributed by atoms with E-state index >= 15 is 0 Å². The van der Waals surface area contributed by atoms with Gasteiger partial charge in [0.25, 0.3) is 0 Å². The molecule has 0 aliphatic carbocycles. The fourth-order valence-corrected chi connectivity index (χ4v) is 3.72. The third kappa shape index (κ3) is 4.71. The Bertz CT molecular complexity index is 987. The summed E-state index contributed by atoms with van der Waals surface area (Å²) in [6.45, 7) is 0. The van der Waals surface area contributed by atoms with Gasteiger partial charge in [-0.25, -0.2) is 4.79 Å². The first-order chi connectivity index (χ1) is 12.4. The Morgan fingerprint density at radius 2 is 1.88 bits per heavy atom. The van der Waals surface area contributed by atoms with Crippen LogP contribution < -0.4 is 0 Å². The van der Waals surface area contributed by atoms with Gasteiger partial charge in [-0.05, 0) is 58.4 Å². The highest BCUT2D eigenvalue weighted by atomic mass is 79.9. The summed E-state index contributed by atoms with van der Waals surface area (Å²) in [5.41, 5.74) is 0.562. The van der Waals surface area contributed by atoms with Crippen molar-refractivity contribution in [2.45, 2.75) is 9.99 Å². The number of hydrogen-bond acceptors (Lipinski definition) is 4. The molecule has 0 fully saturated rings. The topological polar surface area (TPSA) is 62.8 Å². The Labute approximate surface area is 172 Å². The van der Waals surface area contributed by atoms with Crippen molar-refractivity contribution in [3.63, 3.8) is 0 Å². The number of carbonyl (C=O) groups is 1. The molecule has 0 atom stereocenters. The Balaban J connectivity index is 1.76. The van der Waals surface area contributed by atoms with Crippen molar-refractivity contribution in [1.29, 1.82) is 0 Å². The van der Waals surface area contributed by atoms with Crippen LogP contribution in [0.1, 0.15) is 16.1 Å². The summed E-state index contributed by atoms with van der Waals surface area (Å²) in [5, 5.41) is 10.5. The smallest absolute Gasteiger partial charge is 0.337 e. The SMILES string of the molecule is O=C(O)c1ccc(N=Cc2cc(Br)c(Sc3ccc(Cl)cc3)o2)cc1Cl. The number of aliphatic imine (C=N–C) groups is 1. The average molecular weight is 471 g/mol. The van der Waals surface area contributed by atoms with Gasteiger partial charge in [0.1, 0.15) is 5.76 Å². The van der Waals surface area contributed by atoms with E-state index in [-0.39, 0.29) is 10.6 Å². The minimum Gasteiger partial charge on any atom is -0.478 e. The highest BCUT2D eigenvalue weighted by Crippen LogP contribution is 2.36. The first-order valence-corrected chi connectivity index (χ1v) is 9.58. The number of nitrogens with zero attached hydrogens (tertiary/aromatic N) is 1. The molecule has 1 aromatic heterocycles. The number of halogens is 3. The second-order valence-corrected chi connectivity index (χ2v) is 7.81. The van der Waals surface area contributed by atoms with Gasteiger partial charge in [0, 0.05) is 16.0 Å². The number of furan rings is 1. The molecule has 3 rings (SSSR count). The molecule has 3 aromatic rings. The van der Waals surface area contributed by atoms with E-state index in [1.54, 1.807) is 18.3 Å². The molecule has 0 bridgehead atoms. The van der Waals surface area contributed by atoms with Gasteiger partial charge < -0.3 is 9.52 Å². The van der Waals surface area contributed by atoms with Crippen molar-refractivity contribution < 1.29 is 14.3 Å². The van der Waals surface area contributed by atoms with Gasteiger partial charge in [0.15, 0.2) is 5.09 Å². The molecule has 8 heteroatoms. The summed E-state index contributed by atoms with van der Waals surface area (Å²) in [5.74, 6) is -0.531. The largest absolute Gasteiger partial charge is 0.478 e. The van der Waals surface area contributed by atoms with E-state index in [1.165, 1.54) is 23.9 Å². The van der Waals surface area contributed by atoms with E-state index < -0.39 is 5.97 Å². The van der Waals surface area contributed by atoms with Crippen LogP contribution in [0, 0.1) is 0 Å². The summed E-state index contributed by atoms with van der Waals surface area (Å²) in [6, 6.07) is 13.7. The Hall–Kier alpha value is -1.73. The lowest BCUT2D eigenvalue weighted by Crippen LogP contribution is -1.96. The van der Waals surface area contributed by atoms with Crippen LogP contribution in [0.5, 0.6) is 0 Å². The number of carboxylic acid groups (broad SMARTS) is 1. The average Bonchev–Trinajstić information content (AvgIpc) is 2.94. The monoisotopic (exact) mass is 469 g/mol. The minimum atomic E-state index is -1.08. The zero-order valence-electron chi connectivity index (χ0n) is 12.9. The maximum absolute atomic E-state index is 11.0. The highest BCUT2D eigenvalue weighted by Gasteiger charge is 2.11.